The van der Waals surface area contributed by atoms with Crippen LogP contribution >= 0.6 is 11.6 Å². The molecule has 2 heterocycles. The minimum atomic E-state index is -0.640. The van der Waals surface area contributed by atoms with Gasteiger partial charge in [-0.25, -0.2) is 4.79 Å². The van der Waals surface area contributed by atoms with Crippen LogP contribution in [-0.4, -0.2) is 18.4 Å². The molecular weight excluding hydrogens is 490 g/mol. The van der Waals surface area contributed by atoms with Gasteiger partial charge in [-0.05, 0) is 47.3 Å². The number of hydrogen-bond acceptors (Lipinski definition) is 5. The summed E-state index contributed by atoms with van der Waals surface area (Å²) in [6.45, 7) is 0.206. The van der Waals surface area contributed by atoms with Crippen LogP contribution < -0.4 is 20.0 Å². The van der Waals surface area contributed by atoms with Crippen molar-refractivity contribution in [3.8, 4) is 11.5 Å². The Bertz CT molecular complexity index is 1680. The Morgan fingerprint density at radius 2 is 1.59 bits per heavy atom. The van der Waals surface area contributed by atoms with Gasteiger partial charge in [0.25, 0.3) is 0 Å². The first kappa shape index (κ1) is 23.1. The number of carbonyl (C=O) groups excluding carboxylic acids is 1. The van der Waals surface area contributed by atoms with E-state index in [-0.39, 0.29) is 18.6 Å². The first-order chi connectivity index (χ1) is 18.0. The minimum absolute atomic E-state index is 0.139. The minimum Gasteiger partial charge on any atom is -0.497 e. The molecule has 0 aliphatic carbocycles. The Hall–Kier alpha value is -4.29. The molecule has 1 saturated heterocycles. The third kappa shape index (κ3) is 4.09. The summed E-state index contributed by atoms with van der Waals surface area (Å²) in [6.07, 6.45) is 0. The summed E-state index contributed by atoms with van der Waals surface area (Å²) in [7, 11) is 1.60. The van der Waals surface area contributed by atoms with Crippen molar-refractivity contribution in [1.82, 2.24) is 0 Å². The standard InChI is InChI=1S/C30H22ClNO5/c1-35-22-13-9-21(10-14-22)32-28(27(31)30(32)34)19-6-11-23(12-7-19)36-17-20-16-26(33)37-29-24-5-3-2-4-18(24)8-15-25(20)29/h2-16,27-28H,17H2,1H3. The number of β-lactam (4-membered cyclic amide) rings is 1. The van der Waals surface area contributed by atoms with Gasteiger partial charge < -0.3 is 18.8 Å². The van der Waals surface area contributed by atoms with Crippen LogP contribution in [0.15, 0.2) is 100 Å². The SMILES string of the molecule is COc1ccc(N2C(=O)C(Cl)C2c2ccc(OCc3cc(=O)oc4c3ccc3ccccc34)cc2)cc1. The van der Waals surface area contributed by atoms with E-state index in [4.69, 9.17) is 25.5 Å². The number of carbonyl (C=O) groups is 1. The average molecular weight is 512 g/mol. The normalized spacial score (nSPS) is 17.1. The maximum absolute atomic E-state index is 12.5. The van der Waals surface area contributed by atoms with Gasteiger partial charge in [0, 0.05) is 28.1 Å². The van der Waals surface area contributed by atoms with E-state index in [2.05, 4.69) is 0 Å². The Balaban J connectivity index is 1.22. The van der Waals surface area contributed by atoms with E-state index in [9.17, 15) is 9.59 Å². The fourth-order valence-electron chi connectivity index (χ4n) is 4.80. The van der Waals surface area contributed by atoms with Crippen LogP contribution in [0.3, 0.4) is 0 Å². The summed E-state index contributed by atoms with van der Waals surface area (Å²) >= 11 is 6.41. The summed E-state index contributed by atoms with van der Waals surface area (Å²) in [6, 6.07) is 27.7. The number of hydrogen-bond donors (Lipinski definition) is 0. The molecule has 1 aliphatic rings. The van der Waals surface area contributed by atoms with Gasteiger partial charge in [0.15, 0.2) is 0 Å². The van der Waals surface area contributed by atoms with Crippen molar-refractivity contribution in [3.63, 3.8) is 0 Å². The maximum Gasteiger partial charge on any atom is 0.336 e. The number of anilines is 1. The van der Waals surface area contributed by atoms with Crippen LogP contribution in [0.2, 0.25) is 0 Å². The lowest BCUT2D eigenvalue weighted by molar-refractivity contribution is -0.123. The van der Waals surface area contributed by atoms with E-state index < -0.39 is 11.0 Å². The molecule has 6 rings (SSSR count). The van der Waals surface area contributed by atoms with Crippen molar-refractivity contribution in [2.45, 2.75) is 18.0 Å². The number of ether oxygens (including phenoxy) is 2. The molecule has 5 aromatic rings. The second kappa shape index (κ2) is 9.30. The highest BCUT2D eigenvalue weighted by atomic mass is 35.5. The zero-order valence-corrected chi connectivity index (χ0v) is 20.6. The molecule has 37 heavy (non-hydrogen) atoms. The second-order valence-corrected chi connectivity index (χ2v) is 9.33. The van der Waals surface area contributed by atoms with E-state index in [0.29, 0.717) is 17.1 Å². The van der Waals surface area contributed by atoms with Gasteiger partial charge in [-0.3, -0.25) is 4.79 Å². The number of rotatable bonds is 6. The predicted octanol–water partition coefficient (Wildman–Crippen LogP) is 6.23. The fraction of sp³-hybridized carbons (Fsp3) is 0.133. The molecule has 4 aromatic carbocycles. The summed E-state index contributed by atoms with van der Waals surface area (Å²) in [5.41, 5.74) is 2.55. The van der Waals surface area contributed by atoms with Gasteiger partial charge in [-0.15, -0.1) is 11.6 Å². The lowest BCUT2D eigenvalue weighted by Crippen LogP contribution is -2.56. The monoisotopic (exact) mass is 511 g/mol. The topological polar surface area (TPSA) is 69.0 Å². The summed E-state index contributed by atoms with van der Waals surface area (Å²) in [4.78, 5) is 26.5. The van der Waals surface area contributed by atoms with Crippen LogP contribution in [0.25, 0.3) is 21.7 Å². The second-order valence-electron chi connectivity index (χ2n) is 8.86. The molecule has 0 radical (unpaired) electrons. The van der Waals surface area contributed by atoms with Crippen molar-refractivity contribution in [2.24, 2.45) is 0 Å². The fourth-order valence-corrected chi connectivity index (χ4v) is 5.16. The van der Waals surface area contributed by atoms with Crippen LogP contribution in [0, 0.1) is 0 Å². The van der Waals surface area contributed by atoms with Crippen molar-refractivity contribution in [1.29, 1.82) is 0 Å². The quantitative estimate of drug-likeness (QED) is 0.117. The molecule has 0 N–H and O–H groups in total. The van der Waals surface area contributed by atoms with Crippen molar-refractivity contribution >= 4 is 44.9 Å². The largest absolute Gasteiger partial charge is 0.497 e. The van der Waals surface area contributed by atoms with Gasteiger partial charge >= 0.3 is 5.63 Å². The maximum atomic E-state index is 12.5. The highest BCUT2D eigenvalue weighted by molar-refractivity contribution is 6.37. The zero-order chi connectivity index (χ0) is 25.5. The third-order valence-corrected chi connectivity index (χ3v) is 7.14. The lowest BCUT2D eigenvalue weighted by atomic mass is 9.92. The molecule has 1 fully saturated rings. The highest BCUT2D eigenvalue weighted by Crippen LogP contribution is 2.42. The molecule has 1 amide bonds. The number of fused-ring (bicyclic) bond motifs is 3. The summed E-state index contributed by atoms with van der Waals surface area (Å²) in [5.74, 6) is 1.22. The van der Waals surface area contributed by atoms with Gasteiger partial charge in [-0.2, -0.15) is 0 Å². The number of alkyl halides is 1. The van der Waals surface area contributed by atoms with E-state index >= 15 is 0 Å². The average Bonchev–Trinajstić information content (AvgIpc) is 2.94. The van der Waals surface area contributed by atoms with Gasteiger partial charge in [0.05, 0.1) is 13.2 Å². The van der Waals surface area contributed by atoms with E-state index in [0.717, 1.165) is 33.0 Å². The van der Waals surface area contributed by atoms with Crippen LogP contribution in [0.1, 0.15) is 17.2 Å². The van der Waals surface area contributed by atoms with Gasteiger partial charge in [-0.1, -0.05) is 48.5 Å². The molecule has 0 saturated carbocycles. The highest BCUT2D eigenvalue weighted by Gasteiger charge is 2.47. The molecule has 6 nitrogen and oxygen atoms in total. The third-order valence-electron chi connectivity index (χ3n) is 6.72. The Labute approximate surface area is 217 Å². The predicted molar refractivity (Wildman–Crippen MR) is 144 cm³/mol. The van der Waals surface area contributed by atoms with E-state index in [1.54, 1.807) is 12.0 Å². The number of benzene rings is 4. The van der Waals surface area contributed by atoms with E-state index in [1.807, 2.05) is 84.9 Å². The molecule has 7 heteroatoms. The van der Waals surface area contributed by atoms with Crippen LogP contribution in [0.5, 0.6) is 11.5 Å². The summed E-state index contributed by atoms with van der Waals surface area (Å²) in [5, 5.41) is 2.08. The van der Waals surface area contributed by atoms with Gasteiger partial charge in [0.1, 0.15) is 29.1 Å². The number of halogens is 1. The molecule has 2 unspecified atom stereocenters. The van der Waals surface area contributed by atoms with Gasteiger partial charge in [0.2, 0.25) is 5.91 Å². The van der Waals surface area contributed by atoms with Crippen LogP contribution in [0.4, 0.5) is 5.69 Å². The van der Waals surface area contributed by atoms with E-state index in [1.165, 1.54) is 6.07 Å². The molecule has 1 aliphatic heterocycles. The number of amides is 1. The molecular formula is C30H22ClNO5. The molecule has 0 spiro atoms. The Kier molecular flexibility index (Phi) is 5.81. The lowest BCUT2D eigenvalue weighted by Gasteiger charge is -2.44. The first-order valence-electron chi connectivity index (χ1n) is 11.8. The molecule has 0 bridgehead atoms. The number of methoxy groups -OCH3 is 1. The molecule has 1 aromatic heterocycles. The van der Waals surface area contributed by atoms with Crippen molar-refractivity contribution < 1.29 is 18.7 Å². The zero-order valence-electron chi connectivity index (χ0n) is 19.9. The summed E-state index contributed by atoms with van der Waals surface area (Å²) < 4.78 is 16.8. The smallest absolute Gasteiger partial charge is 0.336 e. The molecule has 2 atom stereocenters. The Morgan fingerprint density at radius 3 is 2.35 bits per heavy atom. The van der Waals surface area contributed by atoms with Crippen molar-refractivity contribution in [2.75, 3.05) is 12.0 Å². The Morgan fingerprint density at radius 1 is 0.865 bits per heavy atom. The number of nitrogens with zero attached hydrogens (tertiary/aromatic N) is 1. The molecule has 184 valence electrons. The van der Waals surface area contributed by atoms with Crippen molar-refractivity contribution in [3.05, 3.63) is 113 Å². The first-order valence-corrected chi connectivity index (χ1v) is 12.3. The van der Waals surface area contributed by atoms with Crippen LogP contribution in [-0.2, 0) is 11.4 Å².